The number of benzene rings is 3. The Hall–Kier alpha value is -4.19. The fraction of sp³-hybridized carbons (Fsp3) is 0.273. The van der Waals surface area contributed by atoms with Crippen LogP contribution in [0.3, 0.4) is 0 Å². The second-order valence-corrected chi connectivity index (χ2v) is 10.5. The van der Waals surface area contributed by atoms with E-state index in [1.807, 2.05) is 36.5 Å². The van der Waals surface area contributed by atoms with Crippen LogP contribution in [0.1, 0.15) is 59.1 Å². The van der Waals surface area contributed by atoms with Crippen molar-refractivity contribution in [2.75, 3.05) is 6.61 Å². The molecule has 5 nitrogen and oxygen atoms in total. The Bertz CT molecular complexity index is 1540. The first-order valence-corrected chi connectivity index (χ1v) is 13.4. The molecule has 6 heteroatoms. The predicted octanol–water partition coefficient (Wildman–Crippen LogP) is 7.58. The summed E-state index contributed by atoms with van der Waals surface area (Å²) in [4.78, 5) is 15.2. The van der Waals surface area contributed by atoms with Crippen LogP contribution in [0.15, 0.2) is 67.0 Å². The van der Waals surface area contributed by atoms with Gasteiger partial charge in [-0.15, -0.1) is 0 Å². The Morgan fingerprint density at radius 1 is 1.10 bits per heavy atom. The van der Waals surface area contributed by atoms with E-state index < -0.39 is 12.1 Å². The van der Waals surface area contributed by atoms with Gasteiger partial charge in [0, 0.05) is 47.5 Å². The van der Waals surface area contributed by atoms with Crippen LogP contribution in [0.2, 0.25) is 0 Å². The van der Waals surface area contributed by atoms with Crippen molar-refractivity contribution in [3.8, 4) is 33.8 Å². The van der Waals surface area contributed by atoms with Gasteiger partial charge in [-0.2, -0.15) is 0 Å². The van der Waals surface area contributed by atoms with Gasteiger partial charge in [0.1, 0.15) is 23.4 Å². The van der Waals surface area contributed by atoms with Gasteiger partial charge in [0.25, 0.3) is 0 Å². The number of aryl methyl sites for hydroxylation is 2. The number of pyridine rings is 1. The maximum atomic E-state index is 15.3. The topological polar surface area (TPSA) is 68.7 Å². The average molecular weight is 524 g/mol. The summed E-state index contributed by atoms with van der Waals surface area (Å²) in [5.41, 5.74) is 9.30. The predicted molar refractivity (Wildman–Crippen MR) is 148 cm³/mol. The van der Waals surface area contributed by atoms with Crippen LogP contribution in [-0.2, 0) is 11.2 Å². The van der Waals surface area contributed by atoms with Crippen molar-refractivity contribution in [3.63, 3.8) is 0 Å². The van der Waals surface area contributed by atoms with E-state index in [2.05, 4.69) is 37.0 Å². The summed E-state index contributed by atoms with van der Waals surface area (Å²) in [5.74, 6) is 0.358. The second kappa shape index (κ2) is 10.2. The molecule has 0 fully saturated rings. The first kappa shape index (κ1) is 25.1. The van der Waals surface area contributed by atoms with Gasteiger partial charge in [-0.05, 0) is 84.7 Å². The molecular formula is C33H30FNO4. The van der Waals surface area contributed by atoms with E-state index >= 15 is 4.39 Å². The Balaban J connectivity index is 1.28. The highest BCUT2D eigenvalue weighted by Crippen LogP contribution is 2.45. The van der Waals surface area contributed by atoms with Crippen LogP contribution < -0.4 is 9.47 Å². The molecule has 0 spiro atoms. The number of carboxylic acids is 1. The molecule has 2 atom stereocenters. The highest BCUT2D eigenvalue weighted by atomic mass is 19.1. The van der Waals surface area contributed by atoms with Crippen LogP contribution in [0, 0.1) is 19.7 Å². The standard InChI is InChI=1S/C33H30FNO4/c1-19-14-23(21-4-3-13-35-17-21)15-20(2)32(19)26-8-10-28(34)33-27(26)9-11-29(33)39-24-6-7-25-22(5-12-31(36)37)18-38-30(25)16-24/h3-4,6-8,10,13-17,22,29H,5,9,11-12,18H2,1-2H3,(H,36,37). The summed E-state index contributed by atoms with van der Waals surface area (Å²) in [7, 11) is 0. The quantitative estimate of drug-likeness (QED) is 0.270. The number of rotatable bonds is 7. The fourth-order valence-corrected chi connectivity index (χ4v) is 6.15. The van der Waals surface area contributed by atoms with Crippen LogP contribution in [0.5, 0.6) is 11.5 Å². The average Bonchev–Trinajstić information content (AvgIpc) is 3.53. The molecule has 0 bridgehead atoms. The van der Waals surface area contributed by atoms with E-state index in [4.69, 9.17) is 14.6 Å². The molecule has 1 aliphatic carbocycles. The molecule has 3 aromatic carbocycles. The summed E-state index contributed by atoms with van der Waals surface area (Å²) in [5, 5.41) is 9.02. The van der Waals surface area contributed by atoms with Crippen molar-refractivity contribution >= 4 is 5.97 Å². The van der Waals surface area contributed by atoms with Gasteiger partial charge < -0.3 is 14.6 Å². The van der Waals surface area contributed by atoms with E-state index in [0.29, 0.717) is 30.8 Å². The number of aromatic nitrogens is 1. The molecule has 198 valence electrons. The van der Waals surface area contributed by atoms with Crippen LogP contribution in [0.25, 0.3) is 22.3 Å². The van der Waals surface area contributed by atoms with E-state index in [1.165, 1.54) is 0 Å². The van der Waals surface area contributed by atoms with Gasteiger partial charge in [0.15, 0.2) is 0 Å². The number of aliphatic carboxylic acids is 1. The third-order valence-electron chi connectivity index (χ3n) is 7.93. The Labute approximate surface area is 227 Å². The number of hydrogen-bond donors (Lipinski definition) is 1. The molecule has 1 aliphatic heterocycles. The van der Waals surface area contributed by atoms with Crippen molar-refractivity contribution in [1.82, 2.24) is 4.98 Å². The molecule has 2 heterocycles. The molecule has 1 N–H and O–H groups in total. The minimum atomic E-state index is -0.806. The number of carbonyl (C=O) groups is 1. The first-order chi connectivity index (χ1) is 18.9. The van der Waals surface area contributed by atoms with Gasteiger partial charge in [0.05, 0.1) is 6.61 Å². The Morgan fingerprint density at radius 3 is 2.67 bits per heavy atom. The summed E-state index contributed by atoms with van der Waals surface area (Å²) < 4.78 is 27.5. The minimum absolute atomic E-state index is 0.0633. The zero-order valence-corrected chi connectivity index (χ0v) is 22.0. The van der Waals surface area contributed by atoms with Gasteiger partial charge in [-0.1, -0.05) is 30.3 Å². The van der Waals surface area contributed by atoms with Gasteiger partial charge in [-0.25, -0.2) is 4.39 Å². The van der Waals surface area contributed by atoms with Gasteiger partial charge in [0.2, 0.25) is 0 Å². The van der Waals surface area contributed by atoms with Crippen molar-refractivity contribution in [2.24, 2.45) is 0 Å². The molecule has 39 heavy (non-hydrogen) atoms. The zero-order valence-electron chi connectivity index (χ0n) is 22.0. The summed E-state index contributed by atoms with van der Waals surface area (Å²) in [6.45, 7) is 4.68. The molecule has 2 aliphatic rings. The number of ether oxygens (including phenoxy) is 2. The van der Waals surface area contributed by atoms with Crippen molar-refractivity contribution in [3.05, 3.63) is 101 Å². The lowest BCUT2D eigenvalue weighted by molar-refractivity contribution is -0.137. The lowest BCUT2D eigenvalue weighted by Gasteiger charge is -2.19. The maximum absolute atomic E-state index is 15.3. The highest BCUT2D eigenvalue weighted by molar-refractivity contribution is 5.79. The van der Waals surface area contributed by atoms with Crippen LogP contribution >= 0.6 is 0 Å². The summed E-state index contributed by atoms with van der Waals surface area (Å²) in [6, 6.07) is 17.5. The van der Waals surface area contributed by atoms with E-state index in [1.54, 1.807) is 12.3 Å². The largest absolute Gasteiger partial charge is 0.493 e. The monoisotopic (exact) mass is 523 g/mol. The van der Waals surface area contributed by atoms with Gasteiger partial charge in [-0.3, -0.25) is 9.78 Å². The molecule has 6 rings (SSSR count). The normalized spacial score (nSPS) is 17.4. The Kier molecular flexibility index (Phi) is 6.55. The minimum Gasteiger partial charge on any atom is -0.493 e. The van der Waals surface area contributed by atoms with Gasteiger partial charge >= 0.3 is 5.97 Å². The van der Waals surface area contributed by atoms with Crippen LogP contribution in [0.4, 0.5) is 4.39 Å². The molecule has 2 unspecified atom stereocenters. The fourth-order valence-electron chi connectivity index (χ4n) is 6.15. The molecule has 1 aromatic heterocycles. The lowest BCUT2D eigenvalue weighted by atomic mass is 9.88. The number of carboxylic acid groups (broad SMARTS) is 1. The van der Waals surface area contributed by atoms with Crippen LogP contribution in [-0.4, -0.2) is 22.7 Å². The van der Waals surface area contributed by atoms with E-state index in [9.17, 15) is 4.79 Å². The smallest absolute Gasteiger partial charge is 0.303 e. The van der Waals surface area contributed by atoms with Crippen molar-refractivity contribution in [1.29, 1.82) is 0 Å². The number of fused-ring (bicyclic) bond motifs is 2. The number of hydrogen-bond acceptors (Lipinski definition) is 4. The number of nitrogens with zero attached hydrogens (tertiary/aromatic N) is 1. The lowest BCUT2D eigenvalue weighted by Crippen LogP contribution is -2.06. The molecule has 0 saturated carbocycles. The zero-order chi connectivity index (χ0) is 27.1. The maximum Gasteiger partial charge on any atom is 0.303 e. The molecule has 0 radical (unpaired) electrons. The molecule has 0 saturated heterocycles. The molecule has 0 amide bonds. The first-order valence-electron chi connectivity index (χ1n) is 13.4. The third kappa shape index (κ3) is 4.76. The highest BCUT2D eigenvalue weighted by Gasteiger charge is 2.32. The SMILES string of the molecule is Cc1cc(-c2cccnc2)cc(C)c1-c1ccc(F)c2c1CCC2Oc1ccc2c(c1)OCC2CCC(=O)O. The summed E-state index contributed by atoms with van der Waals surface area (Å²) >= 11 is 0. The van der Waals surface area contributed by atoms with E-state index in [0.717, 1.165) is 56.7 Å². The molecule has 4 aromatic rings. The van der Waals surface area contributed by atoms with Crippen molar-refractivity contribution in [2.45, 2.75) is 51.6 Å². The summed E-state index contributed by atoms with van der Waals surface area (Å²) in [6.07, 6.45) is 5.31. The third-order valence-corrected chi connectivity index (χ3v) is 7.93. The van der Waals surface area contributed by atoms with E-state index in [-0.39, 0.29) is 18.2 Å². The molecular weight excluding hydrogens is 493 g/mol. The number of halogens is 1. The van der Waals surface area contributed by atoms with Crippen molar-refractivity contribution < 1.29 is 23.8 Å². The second-order valence-electron chi connectivity index (χ2n) is 10.5. The Morgan fingerprint density at radius 2 is 1.92 bits per heavy atom.